The van der Waals surface area contributed by atoms with Crippen LogP contribution in [0.4, 0.5) is 4.79 Å². The molecule has 0 spiro atoms. The highest BCUT2D eigenvalue weighted by Gasteiger charge is 2.67. The van der Waals surface area contributed by atoms with Crippen molar-refractivity contribution in [1.29, 1.82) is 0 Å². The number of hydrogen-bond acceptors (Lipinski definition) is 5. The molecule has 0 aromatic carbocycles. The number of cyclic esters (lactones) is 4. The molecule has 17 heavy (non-hydrogen) atoms. The zero-order valence-corrected chi connectivity index (χ0v) is 11.0. The van der Waals surface area contributed by atoms with Crippen LogP contribution in [0, 0.1) is 16.2 Å². The molecule has 0 aliphatic carbocycles. The Hall–Kier alpha value is -1.39. The monoisotopic (exact) mass is 242 g/mol. The Morgan fingerprint density at radius 2 is 1.06 bits per heavy atom. The van der Waals surface area contributed by atoms with Gasteiger partial charge in [-0.2, -0.15) is 0 Å². The molecule has 0 radical (unpaired) electrons. The zero-order chi connectivity index (χ0) is 13.6. The smallest absolute Gasteiger partial charge is 0.359 e. The molecule has 1 rings (SSSR count). The lowest BCUT2D eigenvalue weighted by molar-refractivity contribution is -0.199. The molecule has 0 saturated carbocycles. The first-order chi connectivity index (χ1) is 7.44. The van der Waals surface area contributed by atoms with Gasteiger partial charge in [-0.15, -0.1) is 0 Å². The number of ether oxygens (including phenoxy) is 2. The summed E-state index contributed by atoms with van der Waals surface area (Å²) in [6.45, 7) is 10.5. The van der Waals surface area contributed by atoms with Gasteiger partial charge in [-0.1, -0.05) is 41.5 Å². The molecule has 1 heterocycles. The van der Waals surface area contributed by atoms with Gasteiger partial charge in [0.2, 0.25) is 0 Å². The highest BCUT2D eigenvalue weighted by atomic mass is 16.8. The van der Waals surface area contributed by atoms with Gasteiger partial charge in [0, 0.05) is 0 Å². The molecule has 0 amide bonds. The molecular formula is C12H18O5. The third-order valence-electron chi connectivity index (χ3n) is 3.21. The minimum absolute atomic E-state index is 0.722. The summed E-state index contributed by atoms with van der Waals surface area (Å²) in [7, 11) is 0. The van der Waals surface area contributed by atoms with Crippen LogP contribution in [-0.4, -0.2) is 18.1 Å². The second-order valence-corrected chi connectivity index (χ2v) is 6.28. The van der Waals surface area contributed by atoms with Gasteiger partial charge >= 0.3 is 18.1 Å². The Bertz CT molecular complexity index is 345. The SMILES string of the molecule is CC(C)(C)C1(C(C)(C)C)C(=O)OC(=O)OC1=O. The summed E-state index contributed by atoms with van der Waals surface area (Å²) in [5.74, 6) is -1.67. The van der Waals surface area contributed by atoms with Crippen molar-refractivity contribution in [2.45, 2.75) is 41.5 Å². The molecule has 0 unspecified atom stereocenters. The molecule has 1 aliphatic heterocycles. The average molecular weight is 242 g/mol. The Labute approximate surface area is 100 Å². The van der Waals surface area contributed by atoms with E-state index in [-0.39, 0.29) is 0 Å². The van der Waals surface area contributed by atoms with E-state index in [2.05, 4.69) is 9.47 Å². The van der Waals surface area contributed by atoms with E-state index in [1.54, 1.807) is 41.5 Å². The van der Waals surface area contributed by atoms with Crippen LogP contribution in [0.2, 0.25) is 0 Å². The van der Waals surface area contributed by atoms with E-state index in [0.29, 0.717) is 0 Å². The fraction of sp³-hybridized carbons (Fsp3) is 0.750. The maximum Gasteiger partial charge on any atom is 0.524 e. The van der Waals surface area contributed by atoms with Crippen LogP contribution < -0.4 is 0 Å². The molecule has 0 N–H and O–H groups in total. The van der Waals surface area contributed by atoms with E-state index in [1.165, 1.54) is 0 Å². The predicted octanol–water partition coefficient (Wildman–Crippen LogP) is 2.29. The van der Waals surface area contributed by atoms with Crippen molar-refractivity contribution in [2.24, 2.45) is 16.2 Å². The van der Waals surface area contributed by atoms with Gasteiger partial charge in [0.1, 0.15) is 0 Å². The normalized spacial score (nSPS) is 20.9. The van der Waals surface area contributed by atoms with Crippen LogP contribution in [0.1, 0.15) is 41.5 Å². The summed E-state index contributed by atoms with van der Waals surface area (Å²) in [5, 5.41) is 0. The molecule has 1 saturated heterocycles. The summed E-state index contributed by atoms with van der Waals surface area (Å²) < 4.78 is 9.01. The minimum atomic E-state index is -1.49. The molecule has 0 bridgehead atoms. The highest BCUT2D eigenvalue weighted by molar-refractivity contribution is 6.10. The first-order valence-electron chi connectivity index (χ1n) is 5.43. The Morgan fingerprint density at radius 3 is 1.29 bits per heavy atom. The minimum Gasteiger partial charge on any atom is -0.359 e. The van der Waals surface area contributed by atoms with E-state index in [9.17, 15) is 14.4 Å². The molecule has 0 atom stereocenters. The van der Waals surface area contributed by atoms with Crippen LogP contribution in [0.15, 0.2) is 0 Å². The summed E-state index contributed by atoms with van der Waals surface area (Å²) in [5.41, 5.74) is -2.94. The summed E-state index contributed by atoms with van der Waals surface area (Å²) >= 11 is 0. The quantitative estimate of drug-likeness (QED) is 0.481. The van der Waals surface area contributed by atoms with Crippen molar-refractivity contribution in [3.8, 4) is 0 Å². The molecule has 0 aromatic heterocycles. The molecular weight excluding hydrogens is 224 g/mol. The topological polar surface area (TPSA) is 69.7 Å². The fourth-order valence-electron chi connectivity index (χ4n) is 2.76. The van der Waals surface area contributed by atoms with E-state index < -0.39 is 34.3 Å². The van der Waals surface area contributed by atoms with Crippen molar-refractivity contribution in [1.82, 2.24) is 0 Å². The van der Waals surface area contributed by atoms with Crippen molar-refractivity contribution >= 4 is 18.1 Å². The van der Waals surface area contributed by atoms with Crippen LogP contribution >= 0.6 is 0 Å². The number of esters is 2. The van der Waals surface area contributed by atoms with Crippen molar-refractivity contribution in [3.05, 3.63) is 0 Å². The highest BCUT2D eigenvalue weighted by Crippen LogP contribution is 2.54. The Balaban J connectivity index is 3.49. The van der Waals surface area contributed by atoms with Crippen LogP contribution in [0.25, 0.3) is 0 Å². The number of carbonyl (C=O) groups is 3. The maximum atomic E-state index is 12.1. The van der Waals surface area contributed by atoms with Gasteiger partial charge in [-0.3, -0.25) is 9.59 Å². The summed E-state index contributed by atoms with van der Waals surface area (Å²) in [4.78, 5) is 35.1. The lowest BCUT2D eigenvalue weighted by Crippen LogP contribution is -2.62. The fourth-order valence-corrected chi connectivity index (χ4v) is 2.76. The van der Waals surface area contributed by atoms with E-state index >= 15 is 0 Å². The summed E-state index contributed by atoms with van der Waals surface area (Å²) in [6.07, 6.45) is -1.25. The lowest BCUT2D eigenvalue weighted by Gasteiger charge is -2.49. The van der Waals surface area contributed by atoms with Crippen LogP contribution in [-0.2, 0) is 19.1 Å². The van der Waals surface area contributed by atoms with Crippen LogP contribution in [0.5, 0.6) is 0 Å². The Kier molecular flexibility index (Phi) is 2.86. The molecule has 96 valence electrons. The van der Waals surface area contributed by atoms with Crippen molar-refractivity contribution in [2.75, 3.05) is 0 Å². The molecule has 5 nitrogen and oxygen atoms in total. The molecule has 5 heteroatoms. The largest absolute Gasteiger partial charge is 0.524 e. The number of carbonyl (C=O) groups excluding carboxylic acids is 3. The van der Waals surface area contributed by atoms with Gasteiger partial charge in [-0.25, -0.2) is 4.79 Å². The van der Waals surface area contributed by atoms with E-state index in [4.69, 9.17) is 0 Å². The maximum absolute atomic E-state index is 12.1. The van der Waals surface area contributed by atoms with Gasteiger partial charge in [0.25, 0.3) is 0 Å². The second-order valence-electron chi connectivity index (χ2n) is 6.28. The van der Waals surface area contributed by atoms with Crippen molar-refractivity contribution < 1.29 is 23.9 Å². The molecule has 0 aromatic rings. The first-order valence-corrected chi connectivity index (χ1v) is 5.43. The van der Waals surface area contributed by atoms with Crippen molar-refractivity contribution in [3.63, 3.8) is 0 Å². The third-order valence-corrected chi connectivity index (χ3v) is 3.21. The summed E-state index contributed by atoms with van der Waals surface area (Å²) in [6, 6.07) is 0. The number of rotatable bonds is 0. The molecule has 1 aliphatic rings. The standard InChI is InChI=1S/C12H18O5/c1-10(2,3)12(11(4,5)6)7(13)16-9(15)17-8(12)14/h1-6H3. The van der Waals surface area contributed by atoms with Gasteiger partial charge < -0.3 is 9.47 Å². The predicted molar refractivity (Wildman–Crippen MR) is 58.9 cm³/mol. The first kappa shape index (κ1) is 13.7. The Morgan fingerprint density at radius 1 is 0.765 bits per heavy atom. The number of hydrogen-bond donors (Lipinski definition) is 0. The van der Waals surface area contributed by atoms with E-state index in [1.807, 2.05) is 0 Å². The van der Waals surface area contributed by atoms with E-state index in [0.717, 1.165) is 0 Å². The van der Waals surface area contributed by atoms with Gasteiger partial charge in [0.15, 0.2) is 5.41 Å². The second kappa shape index (κ2) is 3.55. The third kappa shape index (κ3) is 1.73. The van der Waals surface area contributed by atoms with Crippen LogP contribution in [0.3, 0.4) is 0 Å². The lowest BCUT2D eigenvalue weighted by atomic mass is 9.53. The zero-order valence-electron chi connectivity index (χ0n) is 11.0. The van der Waals surface area contributed by atoms with Gasteiger partial charge in [0.05, 0.1) is 0 Å². The van der Waals surface area contributed by atoms with Gasteiger partial charge in [-0.05, 0) is 10.8 Å². The average Bonchev–Trinajstić information content (AvgIpc) is 1.94. The molecule has 1 fully saturated rings.